The van der Waals surface area contributed by atoms with Crippen molar-refractivity contribution in [2.75, 3.05) is 11.1 Å². The molecule has 0 aliphatic heterocycles. The van der Waals surface area contributed by atoms with E-state index >= 15 is 0 Å². The van der Waals surface area contributed by atoms with Crippen LogP contribution >= 0.6 is 22.6 Å². The molecule has 0 saturated heterocycles. The molecule has 1 aromatic carbocycles. The fraction of sp³-hybridized carbons (Fsp3) is 0.0833. The molecule has 3 N–H and O–H groups in total. The minimum absolute atomic E-state index is 0.753. The quantitative estimate of drug-likeness (QED) is 0.833. The van der Waals surface area contributed by atoms with Gasteiger partial charge in [0.15, 0.2) is 0 Å². The predicted octanol–water partition coefficient (Wildman–Crippen LogP) is 3.32. The first kappa shape index (κ1) is 11.2. The number of rotatable bonds is 2. The molecule has 0 saturated carbocycles. The molecule has 0 amide bonds. The van der Waals surface area contributed by atoms with Gasteiger partial charge in [-0.2, -0.15) is 0 Å². The fourth-order valence-electron chi connectivity index (χ4n) is 1.29. The number of hydrogen-bond donors (Lipinski definition) is 2. The van der Waals surface area contributed by atoms with Gasteiger partial charge in [-0.05, 0) is 59.3 Å². The maximum Gasteiger partial charge on any atom is 0.132 e. The van der Waals surface area contributed by atoms with Crippen molar-refractivity contribution in [3.05, 3.63) is 45.7 Å². The van der Waals surface area contributed by atoms with Crippen LogP contribution in [0.5, 0.6) is 0 Å². The Hall–Kier alpha value is -1.30. The topological polar surface area (TPSA) is 50.9 Å². The summed E-state index contributed by atoms with van der Waals surface area (Å²) in [5, 5.41) is 3.20. The summed E-state index contributed by atoms with van der Waals surface area (Å²) >= 11 is 2.27. The lowest BCUT2D eigenvalue weighted by atomic mass is 10.2. The molecular weight excluding hydrogens is 313 g/mol. The van der Waals surface area contributed by atoms with Gasteiger partial charge in [-0.15, -0.1) is 0 Å². The summed E-state index contributed by atoms with van der Waals surface area (Å²) in [7, 11) is 0. The third-order valence-corrected chi connectivity index (χ3v) is 2.98. The fourth-order valence-corrected chi connectivity index (χ4v) is 1.65. The van der Waals surface area contributed by atoms with Crippen molar-refractivity contribution in [1.29, 1.82) is 0 Å². The molecule has 3 nitrogen and oxygen atoms in total. The van der Waals surface area contributed by atoms with E-state index in [1.807, 2.05) is 37.3 Å². The van der Waals surface area contributed by atoms with Gasteiger partial charge in [0.05, 0.1) is 0 Å². The van der Waals surface area contributed by atoms with E-state index < -0.39 is 0 Å². The van der Waals surface area contributed by atoms with E-state index in [9.17, 15) is 0 Å². The third-order valence-electron chi connectivity index (χ3n) is 2.26. The van der Waals surface area contributed by atoms with Crippen LogP contribution < -0.4 is 11.1 Å². The van der Waals surface area contributed by atoms with Crippen molar-refractivity contribution >= 4 is 39.8 Å². The smallest absolute Gasteiger partial charge is 0.132 e. The molecule has 0 spiro atoms. The summed E-state index contributed by atoms with van der Waals surface area (Å²) in [5.74, 6) is 0.768. The SMILES string of the molecule is Cc1cnc(Nc2ccc(I)cc2)cc1N. The Balaban J connectivity index is 2.20. The minimum atomic E-state index is 0.753. The van der Waals surface area contributed by atoms with Crippen LogP contribution in [0.3, 0.4) is 0 Å². The number of nitrogens with two attached hydrogens (primary N) is 1. The summed E-state index contributed by atoms with van der Waals surface area (Å²) in [6, 6.07) is 9.95. The van der Waals surface area contributed by atoms with Gasteiger partial charge in [0.25, 0.3) is 0 Å². The summed E-state index contributed by atoms with van der Waals surface area (Å²) in [4.78, 5) is 4.26. The number of aromatic nitrogens is 1. The van der Waals surface area contributed by atoms with Crippen LogP contribution in [0.25, 0.3) is 0 Å². The summed E-state index contributed by atoms with van der Waals surface area (Å²) in [6.45, 7) is 1.94. The van der Waals surface area contributed by atoms with Gasteiger partial charge in [0.1, 0.15) is 5.82 Å². The lowest BCUT2D eigenvalue weighted by Crippen LogP contribution is -1.97. The average molecular weight is 325 g/mol. The molecule has 0 bridgehead atoms. The Bertz CT molecular complexity index is 494. The van der Waals surface area contributed by atoms with Crippen molar-refractivity contribution < 1.29 is 0 Å². The number of nitrogens with one attached hydrogen (secondary N) is 1. The monoisotopic (exact) mass is 325 g/mol. The molecule has 2 aromatic rings. The number of halogens is 1. The molecule has 82 valence electrons. The number of pyridine rings is 1. The number of aryl methyl sites for hydroxylation is 1. The maximum atomic E-state index is 5.82. The van der Waals surface area contributed by atoms with E-state index in [1.165, 1.54) is 3.57 Å². The van der Waals surface area contributed by atoms with Crippen LogP contribution in [0.1, 0.15) is 5.56 Å². The molecule has 0 fully saturated rings. The predicted molar refractivity (Wildman–Crippen MR) is 75.8 cm³/mol. The van der Waals surface area contributed by atoms with Gasteiger partial charge in [-0.3, -0.25) is 0 Å². The number of anilines is 3. The Morgan fingerprint density at radius 2 is 1.94 bits per heavy atom. The number of benzene rings is 1. The second-order valence-electron chi connectivity index (χ2n) is 3.56. The summed E-state index contributed by atoms with van der Waals surface area (Å²) in [5.41, 5.74) is 8.57. The van der Waals surface area contributed by atoms with Crippen LogP contribution in [0.2, 0.25) is 0 Å². The van der Waals surface area contributed by atoms with Crippen LogP contribution in [-0.4, -0.2) is 4.98 Å². The second kappa shape index (κ2) is 4.69. The first-order valence-electron chi connectivity index (χ1n) is 4.90. The van der Waals surface area contributed by atoms with Gasteiger partial charge in [0.2, 0.25) is 0 Å². The van der Waals surface area contributed by atoms with Crippen molar-refractivity contribution in [2.24, 2.45) is 0 Å². The molecule has 0 unspecified atom stereocenters. The molecule has 4 heteroatoms. The first-order chi connectivity index (χ1) is 7.65. The van der Waals surface area contributed by atoms with Crippen LogP contribution in [-0.2, 0) is 0 Å². The largest absolute Gasteiger partial charge is 0.398 e. The van der Waals surface area contributed by atoms with Gasteiger partial charge < -0.3 is 11.1 Å². The highest BCUT2D eigenvalue weighted by molar-refractivity contribution is 14.1. The number of nitrogen functional groups attached to an aromatic ring is 1. The highest BCUT2D eigenvalue weighted by Crippen LogP contribution is 2.19. The van der Waals surface area contributed by atoms with E-state index in [0.29, 0.717) is 0 Å². The van der Waals surface area contributed by atoms with Crippen LogP contribution in [0.4, 0.5) is 17.2 Å². The normalized spacial score (nSPS) is 10.1. The minimum Gasteiger partial charge on any atom is -0.398 e. The van der Waals surface area contributed by atoms with E-state index in [2.05, 4.69) is 32.9 Å². The van der Waals surface area contributed by atoms with Crippen molar-refractivity contribution in [3.63, 3.8) is 0 Å². The Kier molecular flexibility index (Phi) is 3.28. The van der Waals surface area contributed by atoms with Crippen molar-refractivity contribution in [3.8, 4) is 0 Å². The van der Waals surface area contributed by atoms with E-state index in [0.717, 1.165) is 22.8 Å². The van der Waals surface area contributed by atoms with Crippen LogP contribution in [0, 0.1) is 10.5 Å². The standard InChI is InChI=1S/C12H12IN3/c1-8-7-15-12(6-11(8)14)16-10-4-2-9(13)3-5-10/h2-7H,1H3,(H3,14,15,16). The van der Waals surface area contributed by atoms with Gasteiger partial charge >= 0.3 is 0 Å². The molecule has 0 aliphatic carbocycles. The molecular formula is C12H12IN3. The zero-order chi connectivity index (χ0) is 11.5. The average Bonchev–Trinajstić information content (AvgIpc) is 2.27. The molecule has 0 aliphatic rings. The third kappa shape index (κ3) is 2.63. The molecule has 0 atom stereocenters. The highest BCUT2D eigenvalue weighted by Gasteiger charge is 1.99. The lowest BCUT2D eigenvalue weighted by molar-refractivity contribution is 1.26. The molecule has 1 aromatic heterocycles. The molecule has 2 rings (SSSR count). The van der Waals surface area contributed by atoms with E-state index in [-0.39, 0.29) is 0 Å². The lowest BCUT2D eigenvalue weighted by Gasteiger charge is -2.07. The maximum absolute atomic E-state index is 5.82. The van der Waals surface area contributed by atoms with Crippen molar-refractivity contribution in [2.45, 2.75) is 6.92 Å². The number of hydrogen-bond acceptors (Lipinski definition) is 3. The summed E-state index contributed by atoms with van der Waals surface area (Å²) < 4.78 is 1.21. The van der Waals surface area contributed by atoms with Crippen molar-refractivity contribution in [1.82, 2.24) is 4.98 Å². The highest BCUT2D eigenvalue weighted by atomic mass is 127. The summed E-state index contributed by atoms with van der Waals surface area (Å²) in [6.07, 6.45) is 1.77. The van der Waals surface area contributed by atoms with Crippen LogP contribution in [0.15, 0.2) is 36.5 Å². The van der Waals surface area contributed by atoms with E-state index in [4.69, 9.17) is 5.73 Å². The number of nitrogens with zero attached hydrogens (tertiary/aromatic N) is 1. The molecule has 0 radical (unpaired) electrons. The zero-order valence-corrected chi connectivity index (χ0v) is 11.0. The second-order valence-corrected chi connectivity index (χ2v) is 4.80. The van der Waals surface area contributed by atoms with Gasteiger partial charge in [-0.25, -0.2) is 4.98 Å². The van der Waals surface area contributed by atoms with E-state index in [1.54, 1.807) is 6.20 Å². The Labute approximate surface area is 108 Å². The van der Waals surface area contributed by atoms with Gasteiger partial charge in [-0.1, -0.05) is 0 Å². The first-order valence-corrected chi connectivity index (χ1v) is 5.98. The molecule has 16 heavy (non-hydrogen) atoms. The zero-order valence-electron chi connectivity index (χ0n) is 8.87. The Morgan fingerprint density at radius 1 is 1.25 bits per heavy atom. The van der Waals surface area contributed by atoms with Gasteiger partial charge in [0, 0.05) is 27.2 Å². The molecule has 1 heterocycles. The Morgan fingerprint density at radius 3 is 2.56 bits per heavy atom.